The summed E-state index contributed by atoms with van der Waals surface area (Å²) in [6, 6.07) is 18.5. The van der Waals surface area contributed by atoms with E-state index in [0.717, 1.165) is 12.2 Å². The Hall–Kier alpha value is -1.80. The minimum Gasteiger partial charge on any atom is -0.465 e. The first-order valence-electron chi connectivity index (χ1n) is 7.87. The van der Waals surface area contributed by atoms with E-state index in [9.17, 15) is 0 Å². The molecule has 2 aromatic carbocycles. The van der Waals surface area contributed by atoms with E-state index >= 15 is 0 Å². The van der Waals surface area contributed by atoms with E-state index in [1.54, 1.807) is 7.11 Å². The van der Waals surface area contributed by atoms with Gasteiger partial charge in [0, 0.05) is 7.11 Å². The lowest BCUT2D eigenvalue weighted by Crippen LogP contribution is -2.13. The van der Waals surface area contributed by atoms with Gasteiger partial charge in [-0.05, 0) is 43.9 Å². The number of ether oxygens (including phenoxy) is 2. The molecule has 0 heterocycles. The van der Waals surface area contributed by atoms with E-state index in [0.29, 0.717) is 5.92 Å². The highest BCUT2D eigenvalue weighted by Gasteiger charge is 2.04. The summed E-state index contributed by atoms with van der Waals surface area (Å²) in [6.45, 7) is 8.39. The summed E-state index contributed by atoms with van der Waals surface area (Å²) in [5.41, 5.74) is 2.68. The van der Waals surface area contributed by atoms with Crippen LogP contribution in [0.4, 0.5) is 0 Å². The average molecular weight is 300 g/mol. The number of benzene rings is 2. The maximum atomic E-state index is 5.51. The van der Waals surface area contributed by atoms with E-state index < -0.39 is 0 Å². The van der Waals surface area contributed by atoms with Crippen molar-refractivity contribution >= 4 is 0 Å². The number of rotatable bonds is 5. The van der Waals surface area contributed by atoms with E-state index in [4.69, 9.17) is 9.47 Å². The summed E-state index contributed by atoms with van der Waals surface area (Å²) >= 11 is 0. The first-order valence-corrected chi connectivity index (χ1v) is 7.87. The molecular weight excluding hydrogens is 272 g/mol. The summed E-state index contributed by atoms with van der Waals surface area (Å²) in [5, 5.41) is 0. The first-order chi connectivity index (χ1) is 10.6. The predicted molar refractivity (Wildman–Crippen MR) is 93.4 cm³/mol. The van der Waals surface area contributed by atoms with Crippen molar-refractivity contribution in [2.45, 2.75) is 46.3 Å². The number of hydrogen-bond donors (Lipinski definition) is 0. The fourth-order valence-electron chi connectivity index (χ4n) is 1.88. The van der Waals surface area contributed by atoms with E-state index in [2.05, 4.69) is 45.0 Å². The van der Waals surface area contributed by atoms with Crippen molar-refractivity contribution in [1.82, 2.24) is 0 Å². The smallest absolute Gasteiger partial charge is 0.196 e. The second-order valence-corrected chi connectivity index (χ2v) is 5.45. The van der Waals surface area contributed by atoms with Gasteiger partial charge in [-0.3, -0.25) is 0 Å². The Morgan fingerprint density at radius 1 is 0.909 bits per heavy atom. The molecule has 0 saturated heterocycles. The Labute approximate surface area is 135 Å². The highest BCUT2D eigenvalue weighted by Crippen LogP contribution is 2.21. The van der Waals surface area contributed by atoms with Crippen LogP contribution in [-0.2, 0) is 4.74 Å². The summed E-state index contributed by atoms with van der Waals surface area (Å²) < 4.78 is 10.5. The van der Waals surface area contributed by atoms with Gasteiger partial charge in [-0.2, -0.15) is 0 Å². The Morgan fingerprint density at radius 3 is 1.91 bits per heavy atom. The fraction of sp³-hybridized carbons (Fsp3) is 0.400. The van der Waals surface area contributed by atoms with Crippen molar-refractivity contribution in [1.29, 1.82) is 0 Å². The Morgan fingerprint density at radius 2 is 1.50 bits per heavy atom. The minimum atomic E-state index is -0.195. The molecule has 0 spiro atoms. The highest BCUT2D eigenvalue weighted by molar-refractivity contribution is 5.29. The lowest BCUT2D eigenvalue weighted by atomic mass is 9.99. The molecule has 22 heavy (non-hydrogen) atoms. The van der Waals surface area contributed by atoms with Crippen LogP contribution in [0.15, 0.2) is 54.6 Å². The molecule has 2 aromatic rings. The molecule has 0 fully saturated rings. The molecule has 120 valence electrons. The van der Waals surface area contributed by atoms with Crippen LogP contribution in [0.3, 0.4) is 0 Å². The van der Waals surface area contributed by atoms with Gasteiger partial charge in [0.1, 0.15) is 5.75 Å². The Kier molecular flexibility index (Phi) is 8.31. The maximum absolute atomic E-state index is 5.51. The molecule has 0 aliphatic rings. The van der Waals surface area contributed by atoms with Crippen LogP contribution < -0.4 is 4.74 Å². The SMILES string of the molecule is CCC(C)c1ccc(OC(C)OC)cc1.Cc1ccccc1. The Bertz CT molecular complexity index is 505. The molecule has 0 radical (unpaired) electrons. The van der Waals surface area contributed by atoms with Crippen LogP contribution in [0.2, 0.25) is 0 Å². The standard InChI is InChI=1S/C13H20O2.C7H8/c1-5-10(2)12-6-8-13(9-7-12)15-11(3)14-4;1-7-5-3-2-4-6-7/h6-11H,5H2,1-4H3;2-6H,1H3. The Balaban J connectivity index is 0.000000287. The predicted octanol–water partition coefficient (Wildman–Crippen LogP) is 5.57. The topological polar surface area (TPSA) is 18.5 Å². The van der Waals surface area contributed by atoms with Gasteiger partial charge in [-0.15, -0.1) is 0 Å². The van der Waals surface area contributed by atoms with Gasteiger partial charge in [-0.1, -0.05) is 61.9 Å². The van der Waals surface area contributed by atoms with Crippen LogP contribution in [0.25, 0.3) is 0 Å². The highest BCUT2D eigenvalue weighted by atomic mass is 16.7. The second kappa shape index (κ2) is 10.0. The van der Waals surface area contributed by atoms with Gasteiger partial charge < -0.3 is 9.47 Å². The fourth-order valence-corrected chi connectivity index (χ4v) is 1.88. The zero-order valence-electron chi connectivity index (χ0n) is 14.4. The monoisotopic (exact) mass is 300 g/mol. The van der Waals surface area contributed by atoms with Crippen molar-refractivity contribution in [3.63, 3.8) is 0 Å². The summed E-state index contributed by atoms with van der Waals surface area (Å²) in [4.78, 5) is 0. The van der Waals surface area contributed by atoms with Crippen LogP contribution in [-0.4, -0.2) is 13.4 Å². The van der Waals surface area contributed by atoms with Gasteiger partial charge in [0.25, 0.3) is 0 Å². The van der Waals surface area contributed by atoms with Crippen LogP contribution >= 0.6 is 0 Å². The quantitative estimate of drug-likeness (QED) is 0.672. The molecule has 0 saturated carbocycles. The molecule has 2 nitrogen and oxygen atoms in total. The summed E-state index contributed by atoms with van der Waals surface area (Å²) in [7, 11) is 1.64. The maximum Gasteiger partial charge on any atom is 0.196 e. The molecule has 0 aliphatic carbocycles. The largest absolute Gasteiger partial charge is 0.465 e. The zero-order chi connectivity index (χ0) is 16.4. The van der Waals surface area contributed by atoms with Gasteiger partial charge in [0.2, 0.25) is 0 Å². The zero-order valence-corrected chi connectivity index (χ0v) is 14.4. The van der Waals surface area contributed by atoms with Crippen molar-refractivity contribution in [3.05, 3.63) is 65.7 Å². The molecule has 2 heteroatoms. The van der Waals surface area contributed by atoms with Crippen molar-refractivity contribution in [2.75, 3.05) is 7.11 Å². The molecule has 2 rings (SSSR count). The third-order valence-corrected chi connectivity index (χ3v) is 3.64. The molecule has 0 N–H and O–H groups in total. The number of aryl methyl sites for hydroxylation is 1. The van der Waals surface area contributed by atoms with E-state index in [1.807, 2.05) is 37.3 Å². The molecule has 2 atom stereocenters. The third-order valence-electron chi connectivity index (χ3n) is 3.64. The van der Waals surface area contributed by atoms with Gasteiger partial charge in [0.15, 0.2) is 6.29 Å². The number of methoxy groups -OCH3 is 1. The molecule has 2 unspecified atom stereocenters. The summed E-state index contributed by atoms with van der Waals surface area (Å²) in [5.74, 6) is 1.47. The van der Waals surface area contributed by atoms with Crippen molar-refractivity contribution in [3.8, 4) is 5.75 Å². The van der Waals surface area contributed by atoms with Crippen molar-refractivity contribution in [2.24, 2.45) is 0 Å². The van der Waals surface area contributed by atoms with E-state index in [-0.39, 0.29) is 6.29 Å². The summed E-state index contributed by atoms with van der Waals surface area (Å²) in [6.07, 6.45) is 0.966. The molecule has 0 aromatic heterocycles. The van der Waals surface area contributed by atoms with Crippen molar-refractivity contribution < 1.29 is 9.47 Å². The van der Waals surface area contributed by atoms with Gasteiger partial charge in [-0.25, -0.2) is 0 Å². The van der Waals surface area contributed by atoms with Crippen LogP contribution in [0.1, 0.15) is 44.2 Å². The minimum absolute atomic E-state index is 0.195. The van der Waals surface area contributed by atoms with E-state index in [1.165, 1.54) is 11.1 Å². The molecule has 0 bridgehead atoms. The normalized spacial score (nSPS) is 12.8. The molecule has 0 aliphatic heterocycles. The first kappa shape index (κ1) is 18.2. The third kappa shape index (κ3) is 6.77. The lowest BCUT2D eigenvalue weighted by Gasteiger charge is -2.14. The average Bonchev–Trinajstić information content (AvgIpc) is 2.56. The van der Waals surface area contributed by atoms with Gasteiger partial charge in [0.05, 0.1) is 0 Å². The van der Waals surface area contributed by atoms with Gasteiger partial charge >= 0.3 is 0 Å². The molecular formula is C20H28O2. The number of hydrogen-bond acceptors (Lipinski definition) is 2. The lowest BCUT2D eigenvalue weighted by molar-refractivity contribution is -0.0382. The second-order valence-electron chi connectivity index (χ2n) is 5.45. The van der Waals surface area contributed by atoms with Crippen LogP contribution in [0, 0.1) is 6.92 Å². The molecule has 0 amide bonds. The van der Waals surface area contributed by atoms with Crippen LogP contribution in [0.5, 0.6) is 5.75 Å².